The van der Waals surface area contributed by atoms with E-state index in [2.05, 4.69) is 54.2 Å². The minimum atomic E-state index is -1.08. The number of rotatable bonds is 9. The molecule has 8 heteroatoms. The average molecular weight is 651 g/mol. The van der Waals surface area contributed by atoms with E-state index >= 15 is 4.39 Å². The van der Waals surface area contributed by atoms with Gasteiger partial charge in [0.1, 0.15) is 11.4 Å². The van der Waals surface area contributed by atoms with Crippen LogP contribution in [0.25, 0.3) is 10.9 Å². The fraction of sp³-hybridized carbons (Fsp3) is 0.450. The monoisotopic (exact) mass is 650 g/mol. The highest BCUT2D eigenvalue weighted by Crippen LogP contribution is 2.67. The van der Waals surface area contributed by atoms with Crippen LogP contribution < -0.4 is 10.2 Å². The van der Waals surface area contributed by atoms with E-state index in [-0.39, 0.29) is 41.4 Å². The highest BCUT2D eigenvalue weighted by molar-refractivity contribution is 6.01. The lowest BCUT2D eigenvalue weighted by molar-refractivity contribution is -0.149. The van der Waals surface area contributed by atoms with E-state index < -0.39 is 5.54 Å². The van der Waals surface area contributed by atoms with Crippen LogP contribution >= 0.6 is 0 Å². The Labute approximate surface area is 282 Å². The largest absolute Gasteiger partial charge is 0.378 e. The van der Waals surface area contributed by atoms with Crippen molar-refractivity contribution in [2.45, 2.75) is 77.3 Å². The van der Waals surface area contributed by atoms with Crippen molar-refractivity contribution in [1.82, 2.24) is 9.88 Å². The van der Waals surface area contributed by atoms with Gasteiger partial charge in [-0.05, 0) is 79.0 Å². The van der Waals surface area contributed by atoms with Gasteiger partial charge >= 0.3 is 0 Å². The molecule has 1 aromatic heterocycles. The Bertz CT molecular complexity index is 1790. The molecule has 2 saturated carbocycles. The van der Waals surface area contributed by atoms with Gasteiger partial charge in [-0.25, -0.2) is 4.39 Å². The van der Waals surface area contributed by atoms with Gasteiger partial charge in [0.25, 0.3) is 0 Å². The second kappa shape index (κ2) is 13.0. The summed E-state index contributed by atoms with van der Waals surface area (Å²) in [7, 11) is 0. The first-order valence-electron chi connectivity index (χ1n) is 17.5. The summed E-state index contributed by atoms with van der Waals surface area (Å²) in [6.07, 6.45) is 4.05. The number of halogens is 1. The van der Waals surface area contributed by atoms with E-state index in [1.165, 1.54) is 17.0 Å². The lowest BCUT2D eigenvalue weighted by Gasteiger charge is -2.45. The molecule has 1 saturated heterocycles. The first-order valence-corrected chi connectivity index (χ1v) is 17.5. The number of nitrogens with one attached hydrogen (secondary N) is 2. The SMILES string of the molecule is Cc1[nH]c2ccccc2c1[C@@H]1[C@@H](CC(=O)N(Cc2ccccc2F)C2(C(=O)Nc3ccc(N4CCOCC4)cc3)CCCCC2)C1(C)C. The number of carbonyl (C=O) groups is 2. The molecule has 2 N–H and O–H groups in total. The van der Waals surface area contributed by atoms with E-state index in [0.717, 1.165) is 49.2 Å². The molecule has 7 rings (SSSR count). The number of aromatic amines is 1. The van der Waals surface area contributed by atoms with Gasteiger partial charge < -0.3 is 24.8 Å². The summed E-state index contributed by atoms with van der Waals surface area (Å²) in [5.41, 5.74) is 4.55. The molecule has 0 spiro atoms. The molecule has 2 heterocycles. The molecule has 0 radical (unpaired) electrons. The molecule has 3 fully saturated rings. The molecule has 48 heavy (non-hydrogen) atoms. The third kappa shape index (κ3) is 6.00. The van der Waals surface area contributed by atoms with Crippen LogP contribution in [0.3, 0.4) is 0 Å². The molecule has 3 aliphatic rings. The zero-order valence-electron chi connectivity index (χ0n) is 28.4. The third-order valence-corrected chi connectivity index (χ3v) is 11.4. The van der Waals surface area contributed by atoms with E-state index in [4.69, 9.17) is 4.74 Å². The van der Waals surface area contributed by atoms with Crippen LogP contribution in [-0.2, 0) is 20.9 Å². The Hall–Kier alpha value is -4.17. The predicted octanol–water partition coefficient (Wildman–Crippen LogP) is 7.95. The molecule has 2 atom stereocenters. The van der Waals surface area contributed by atoms with Crippen molar-refractivity contribution < 1.29 is 18.7 Å². The van der Waals surface area contributed by atoms with Crippen LogP contribution in [0.2, 0.25) is 0 Å². The topological polar surface area (TPSA) is 77.7 Å². The van der Waals surface area contributed by atoms with Gasteiger partial charge in [-0.15, -0.1) is 0 Å². The van der Waals surface area contributed by atoms with Crippen molar-refractivity contribution >= 4 is 34.1 Å². The molecule has 0 bridgehead atoms. The third-order valence-electron chi connectivity index (χ3n) is 11.4. The number of morpholine rings is 1. The average Bonchev–Trinajstić information content (AvgIpc) is 3.45. The van der Waals surface area contributed by atoms with Crippen LogP contribution in [0.4, 0.5) is 15.8 Å². The number of ether oxygens (including phenoxy) is 1. The van der Waals surface area contributed by atoms with Crippen LogP contribution in [-0.4, -0.2) is 53.5 Å². The van der Waals surface area contributed by atoms with E-state index in [0.29, 0.717) is 43.7 Å². The van der Waals surface area contributed by atoms with Gasteiger partial charge in [0.15, 0.2) is 0 Å². The zero-order valence-corrected chi connectivity index (χ0v) is 28.4. The number of carbonyl (C=O) groups excluding carboxylic acids is 2. The molecule has 7 nitrogen and oxygen atoms in total. The predicted molar refractivity (Wildman–Crippen MR) is 189 cm³/mol. The summed E-state index contributed by atoms with van der Waals surface area (Å²) in [5, 5.41) is 4.39. The van der Waals surface area contributed by atoms with Gasteiger partial charge in [-0.3, -0.25) is 9.59 Å². The number of anilines is 2. The second-order valence-electron chi connectivity index (χ2n) is 14.6. The summed E-state index contributed by atoms with van der Waals surface area (Å²) in [5.74, 6) is -0.336. The Morgan fingerprint density at radius 2 is 1.65 bits per heavy atom. The summed E-state index contributed by atoms with van der Waals surface area (Å²) >= 11 is 0. The fourth-order valence-electron chi connectivity index (χ4n) is 8.55. The lowest BCUT2D eigenvalue weighted by atomic mass is 9.78. The van der Waals surface area contributed by atoms with Crippen molar-refractivity contribution in [2.75, 3.05) is 36.5 Å². The maximum absolute atomic E-state index is 15.2. The van der Waals surface area contributed by atoms with Gasteiger partial charge in [-0.1, -0.05) is 69.5 Å². The molecule has 4 aromatic rings. The number of hydrogen-bond acceptors (Lipinski definition) is 4. The van der Waals surface area contributed by atoms with Crippen molar-refractivity contribution in [3.63, 3.8) is 0 Å². The summed E-state index contributed by atoms with van der Waals surface area (Å²) in [4.78, 5) is 36.8. The maximum atomic E-state index is 15.2. The number of fused-ring (bicyclic) bond motifs is 1. The second-order valence-corrected chi connectivity index (χ2v) is 14.6. The zero-order chi connectivity index (χ0) is 33.5. The van der Waals surface area contributed by atoms with Gasteiger partial charge in [0.05, 0.1) is 13.2 Å². The molecule has 3 aromatic carbocycles. The van der Waals surface area contributed by atoms with Crippen LogP contribution in [0.1, 0.15) is 75.1 Å². The highest BCUT2D eigenvalue weighted by atomic mass is 19.1. The van der Waals surface area contributed by atoms with Crippen molar-refractivity contribution in [3.05, 3.63) is 95.4 Å². The minimum absolute atomic E-state index is 0.0544. The van der Waals surface area contributed by atoms with Crippen LogP contribution in [0.15, 0.2) is 72.8 Å². The number of H-pyrrole nitrogens is 1. The molecule has 2 aliphatic carbocycles. The van der Waals surface area contributed by atoms with Crippen LogP contribution in [0, 0.1) is 24.1 Å². The molecular weight excluding hydrogens is 603 g/mol. The summed E-state index contributed by atoms with van der Waals surface area (Å²) in [6, 6.07) is 22.9. The van der Waals surface area contributed by atoms with Gasteiger partial charge in [0.2, 0.25) is 11.8 Å². The number of hydrogen-bond donors (Lipinski definition) is 2. The maximum Gasteiger partial charge on any atom is 0.250 e. The number of aromatic nitrogens is 1. The summed E-state index contributed by atoms with van der Waals surface area (Å²) < 4.78 is 20.7. The fourth-order valence-corrected chi connectivity index (χ4v) is 8.55. The summed E-state index contributed by atoms with van der Waals surface area (Å²) in [6.45, 7) is 9.71. The van der Waals surface area contributed by atoms with Gasteiger partial charge in [0, 0.05) is 59.6 Å². The Kier molecular flexibility index (Phi) is 8.79. The Morgan fingerprint density at radius 3 is 2.38 bits per heavy atom. The van der Waals surface area contributed by atoms with Crippen LogP contribution in [0.5, 0.6) is 0 Å². The number of benzene rings is 3. The lowest BCUT2D eigenvalue weighted by Crippen LogP contribution is -2.59. The molecule has 0 unspecified atom stereocenters. The van der Waals surface area contributed by atoms with E-state index in [1.807, 2.05) is 30.3 Å². The molecular formula is C40H47FN4O3. The number of para-hydroxylation sites is 1. The first-order chi connectivity index (χ1) is 23.2. The minimum Gasteiger partial charge on any atom is -0.378 e. The highest BCUT2D eigenvalue weighted by Gasteiger charge is 2.60. The molecule has 252 valence electrons. The number of aryl methyl sites for hydroxylation is 1. The molecule has 2 amide bonds. The van der Waals surface area contributed by atoms with Crippen molar-refractivity contribution in [1.29, 1.82) is 0 Å². The number of nitrogens with zero attached hydrogens (tertiary/aromatic N) is 2. The Balaban J connectivity index is 1.18. The van der Waals surface area contributed by atoms with Crippen molar-refractivity contribution in [3.8, 4) is 0 Å². The van der Waals surface area contributed by atoms with E-state index in [9.17, 15) is 9.59 Å². The van der Waals surface area contributed by atoms with E-state index in [1.54, 1.807) is 23.1 Å². The van der Waals surface area contributed by atoms with Crippen molar-refractivity contribution in [2.24, 2.45) is 11.3 Å². The quantitative estimate of drug-likeness (QED) is 0.193. The van der Waals surface area contributed by atoms with Gasteiger partial charge in [-0.2, -0.15) is 0 Å². The number of amides is 2. The standard InChI is InChI=1S/C40H47FN4O3/c1-27-36(31-12-6-8-14-34(31)42-27)37-32(39(37,2)3)25-35(46)45(26-28-11-5-7-13-33(28)41)40(19-9-4-10-20-40)38(47)43-29-15-17-30(18-16-29)44-21-23-48-24-22-44/h5-8,11-18,32,37,42H,4,9-10,19-26H2,1-3H3,(H,43,47)/t32-,37+/m1/s1. The first kappa shape index (κ1) is 32.4. The smallest absolute Gasteiger partial charge is 0.250 e. The Morgan fingerprint density at radius 1 is 0.958 bits per heavy atom. The normalized spacial score (nSPS) is 21.5. The molecule has 1 aliphatic heterocycles.